The number of carbonyl (C=O) groups is 2. The van der Waals surface area contributed by atoms with Crippen LogP contribution in [0.5, 0.6) is 0 Å². The van der Waals surface area contributed by atoms with Crippen molar-refractivity contribution in [1.82, 2.24) is 0 Å². The van der Waals surface area contributed by atoms with Gasteiger partial charge in [0.2, 0.25) is 0 Å². The highest BCUT2D eigenvalue weighted by Crippen LogP contribution is 2.13. The lowest BCUT2D eigenvalue weighted by molar-refractivity contribution is -0.140. The second-order valence-corrected chi connectivity index (χ2v) is 5.66. The summed E-state index contributed by atoms with van der Waals surface area (Å²) < 4.78 is 9.98. The van der Waals surface area contributed by atoms with Gasteiger partial charge in [0.25, 0.3) is 0 Å². The van der Waals surface area contributed by atoms with Crippen LogP contribution in [-0.4, -0.2) is 25.2 Å². The van der Waals surface area contributed by atoms with E-state index >= 15 is 0 Å². The third-order valence-electron chi connectivity index (χ3n) is 3.15. The summed E-state index contributed by atoms with van der Waals surface area (Å²) in [7, 11) is 0. The maximum Gasteiger partial charge on any atom is 0.333 e. The Morgan fingerprint density at radius 3 is 2.09 bits per heavy atom. The minimum atomic E-state index is -0.280. The van der Waals surface area contributed by atoms with Gasteiger partial charge in [-0.3, -0.25) is 4.79 Å². The monoisotopic (exact) mass is 322 g/mol. The Kier molecular flexibility index (Phi) is 11.7. The molecular formula is C19H30O4. The normalized spacial score (nSPS) is 11.9. The summed E-state index contributed by atoms with van der Waals surface area (Å²) in [5.74, 6) is -0.506. The molecule has 0 aliphatic heterocycles. The van der Waals surface area contributed by atoms with Crippen molar-refractivity contribution < 1.29 is 19.1 Å². The van der Waals surface area contributed by atoms with Crippen LogP contribution in [0.2, 0.25) is 0 Å². The van der Waals surface area contributed by atoms with Crippen molar-refractivity contribution in [1.29, 1.82) is 0 Å². The van der Waals surface area contributed by atoms with E-state index < -0.39 is 0 Å². The molecule has 130 valence electrons. The first-order valence-electron chi connectivity index (χ1n) is 8.15. The van der Waals surface area contributed by atoms with Gasteiger partial charge in [-0.15, -0.1) is 0 Å². The number of hydrogen-bond donors (Lipinski definition) is 0. The molecule has 0 fully saturated rings. The first-order valence-corrected chi connectivity index (χ1v) is 8.15. The Morgan fingerprint density at radius 1 is 0.870 bits per heavy atom. The fourth-order valence-corrected chi connectivity index (χ4v) is 1.91. The second-order valence-electron chi connectivity index (χ2n) is 5.66. The van der Waals surface area contributed by atoms with E-state index in [0.717, 1.165) is 30.4 Å². The molecule has 0 spiro atoms. The van der Waals surface area contributed by atoms with Gasteiger partial charge in [-0.1, -0.05) is 23.3 Å². The second kappa shape index (κ2) is 12.7. The molecule has 23 heavy (non-hydrogen) atoms. The molecule has 0 N–H and O–H groups in total. The van der Waals surface area contributed by atoms with Crippen LogP contribution in [0.1, 0.15) is 60.3 Å². The lowest BCUT2D eigenvalue weighted by atomic mass is 10.1. The number of rotatable bonds is 10. The van der Waals surface area contributed by atoms with Crippen LogP contribution in [0.25, 0.3) is 0 Å². The van der Waals surface area contributed by atoms with Gasteiger partial charge in [0.05, 0.1) is 6.61 Å². The Labute approximate surface area is 140 Å². The predicted octanol–water partition coefficient (Wildman–Crippen LogP) is 4.51. The lowest BCUT2D eigenvalue weighted by Crippen LogP contribution is -2.07. The Balaban J connectivity index is 4.52. The third-order valence-corrected chi connectivity index (χ3v) is 3.15. The quantitative estimate of drug-likeness (QED) is 0.337. The average molecular weight is 322 g/mol. The Hall–Kier alpha value is -1.84. The molecule has 4 nitrogen and oxygen atoms in total. The van der Waals surface area contributed by atoms with Crippen LogP contribution in [-0.2, 0) is 19.1 Å². The molecule has 0 heterocycles. The van der Waals surface area contributed by atoms with E-state index in [4.69, 9.17) is 9.47 Å². The van der Waals surface area contributed by atoms with E-state index in [1.54, 1.807) is 0 Å². The molecule has 0 saturated heterocycles. The maximum atomic E-state index is 12.0. The van der Waals surface area contributed by atoms with E-state index in [1.165, 1.54) is 12.5 Å². The van der Waals surface area contributed by atoms with Gasteiger partial charge < -0.3 is 9.47 Å². The van der Waals surface area contributed by atoms with Crippen molar-refractivity contribution >= 4 is 11.9 Å². The van der Waals surface area contributed by atoms with Gasteiger partial charge in [0.15, 0.2) is 0 Å². The molecule has 0 bridgehead atoms. The molecule has 0 atom stereocenters. The number of hydrogen-bond acceptors (Lipinski definition) is 4. The number of allylic oxidation sites excluding steroid dienone is 4. The van der Waals surface area contributed by atoms with Crippen molar-refractivity contribution in [3.05, 3.63) is 34.9 Å². The molecule has 0 aliphatic rings. The summed E-state index contributed by atoms with van der Waals surface area (Å²) in [6, 6.07) is 0. The minimum absolute atomic E-state index is 0.226. The third kappa shape index (κ3) is 12.4. The van der Waals surface area contributed by atoms with E-state index in [0.29, 0.717) is 19.6 Å². The number of carbonyl (C=O) groups excluding carboxylic acids is 2. The molecule has 0 rings (SSSR count). The first-order chi connectivity index (χ1) is 10.9. The van der Waals surface area contributed by atoms with Gasteiger partial charge in [0, 0.05) is 12.5 Å². The zero-order valence-electron chi connectivity index (χ0n) is 15.1. The standard InChI is InChI=1S/C19H30O4/c1-6-22-19(21)18(11-7-9-15(2)3)12-8-10-16(4)13-14-23-17(5)20/h9,12-13H,6-8,10-11,14H2,1-5H3/b16-13+,18-12-. The van der Waals surface area contributed by atoms with E-state index in [2.05, 4.69) is 6.08 Å². The van der Waals surface area contributed by atoms with Crippen LogP contribution in [0.4, 0.5) is 0 Å². The maximum absolute atomic E-state index is 12.0. The van der Waals surface area contributed by atoms with Gasteiger partial charge in [-0.25, -0.2) is 4.79 Å². The van der Waals surface area contributed by atoms with Crippen LogP contribution in [0, 0.1) is 0 Å². The van der Waals surface area contributed by atoms with Crippen LogP contribution < -0.4 is 0 Å². The fraction of sp³-hybridized carbons (Fsp3) is 0.579. The van der Waals surface area contributed by atoms with Crippen LogP contribution >= 0.6 is 0 Å². The van der Waals surface area contributed by atoms with Crippen molar-refractivity contribution in [2.45, 2.75) is 60.3 Å². The summed E-state index contributed by atoms with van der Waals surface area (Å²) in [6.07, 6.45) is 9.10. The summed E-state index contributed by atoms with van der Waals surface area (Å²) >= 11 is 0. The van der Waals surface area contributed by atoms with Crippen LogP contribution in [0.3, 0.4) is 0 Å². The fourth-order valence-electron chi connectivity index (χ4n) is 1.91. The summed E-state index contributed by atoms with van der Waals surface area (Å²) in [6.45, 7) is 9.98. The van der Waals surface area contributed by atoms with E-state index in [-0.39, 0.29) is 11.9 Å². The highest BCUT2D eigenvalue weighted by Gasteiger charge is 2.09. The molecule has 0 aromatic heterocycles. The summed E-state index contributed by atoms with van der Waals surface area (Å²) in [5, 5.41) is 0. The number of ether oxygens (including phenoxy) is 2. The molecule has 4 heteroatoms. The molecule has 0 saturated carbocycles. The first kappa shape index (κ1) is 21.2. The Bertz CT molecular complexity index is 466. The SMILES string of the molecule is CCOC(=O)/C(=C\CC/C(C)=C/COC(C)=O)CCC=C(C)C. The summed E-state index contributed by atoms with van der Waals surface area (Å²) in [5.41, 5.74) is 3.12. The molecule has 0 amide bonds. The van der Waals surface area contributed by atoms with Crippen molar-refractivity contribution in [3.63, 3.8) is 0 Å². The highest BCUT2D eigenvalue weighted by atomic mass is 16.5. The van der Waals surface area contributed by atoms with Gasteiger partial charge >= 0.3 is 11.9 Å². The predicted molar refractivity (Wildman–Crippen MR) is 93.0 cm³/mol. The topological polar surface area (TPSA) is 52.6 Å². The van der Waals surface area contributed by atoms with Crippen molar-refractivity contribution in [2.24, 2.45) is 0 Å². The largest absolute Gasteiger partial charge is 0.463 e. The zero-order valence-corrected chi connectivity index (χ0v) is 15.1. The van der Waals surface area contributed by atoms with Crippen molar-refractivity contribution in [3.8, 4) is 0 Å². The Morgan fingerprint density at radius 2 is 1.52 bits per heavy atom. The number of esters is 2. The van der Waals surface area contributed by atoms with E-state index in [1.807, 2.05) is 39.8 Å². The van der Waals surface area contributed by atoms with Gasteiger partial charge in [-0.05, 0) is 59.5 Å². The highest BCUT2D eigenvalue weighted by molar-refractivity contribution is 5.88. The smallest absolute Gasteiger partial charge is 0.333 e. The molecule has 0 radical (unpaired) electrons. The molecule has 0 unspecified atom stereocenters. The molecule has 0 aromatic carbocycles. The van der Waals surface area contributed by atoms with Crippen molar-refractivity contribution in [2.75, 3.05) is 13.2 Å². The van der Waals surface area contributed by atoms with Gasteiger partial charge in [0.1, 0.15) is 6.61 Å². The zero-order chi connectivity index (χ0) is 17.7. The van der Waals surface area contributed by atoms with E-state index in [9.17, 15) is 9.59 Å². The summed E-state index contributed by atoms with van der Waals surface area (Å²) in [4.78, 5) is 22.7. The van der Waals surface area contributed by atoms with Gasteiger partial charge in [-0.2, -0.15) is 0 Å². The minimum Gasteiger partial charge on any atom is -0.463 e. The van der Waals surface area contributed by atoms with Crippen LogP contribution in [0.15, 0.2) is 34.9 Å². The molecule has 0 aromatic rings. The molecule has 0 aliphatic carbocycles. The average Bonchev–Trinajstić information content (AvgIpc) is 2.45. The molecular weight excluding hydrogens is 292 g/mol. The lowest BCUT2D eigenvalue weighted by Gasteiger charge is -2.07.